The molecular formula is C29H34F3N7+. The molecule has 1 saturated heterocycles. The van der Waals surface area contributed by atoms with E-state index in [0.29, 0.717) is 35.6 Å². The van der Waals surface area contributed by atoms with E-state index >= 15 is 0 Å². The predicted molar refractivity (Wildman–Crippen MR) is 143 cm³/mol. The molecule has 1 aromatic rings. The predicted octanol–water partition coefficient (Wildman–Crippen LogP) is 6.14. The molecule has 2 atom stereocenters. The lowest BCUT2D eigenvalue weighted by molar-refractivity contribution is -0.451. The molecule has 0 amide bonds. The zero-order chi connectivity index (χ0) is 27.3. The van der Waals surface area contributed by atoms with Gasteiger partial charge in [0.1, 0.15) is 11.6 Å². The van der Waals surface area contributed by atoms with E-state index in [1.807, 2.05) is 23.8 Å². The van der Waals surface area contributed by atoms with Gasteiger partial charge in [-0.25, -0.2) is 9.56 Å². The third-order valence-electron chi connectivity index (χ3n) is 8.44. The van der Waals surface area contributed by atoms with Gasteiger partial charge in [-0.1, -0.05) is 19.9 Å². The first-order valence-electron chi connectivity index (χ1n) is 13.7. The van der Waals surface area contributed by atoms with Crippen LogP contribution in [0.2, 0.25) is 0 Å². The lowest BCUT2D eigenvalue weighted by Crippen LogP contribution is -2.36. The van der Waals surface area contributed by atoms with E-state index in [0.717, 1.165) is 50.2 Å². The fourth-order valence-corrected chi connectivity index (χ4v) is 6.26. The van der Waals surface area contributed by atoms with Crippen LogP contribution in [0.25, 0.3) is 0 Å². The fraction of sp³-hybridized carbons (Fsp3) is 0.483. The number of aromatic nitrogens is 1. The van der Waals surface area contributed by atoms with E-state index in [-0.39, 0.29) is 11.6 Å². The van der Waals surface area contributed by atoms with Crippen molar-refractivity contribution in [1.29, 1.82) is 0 Å². The van der Waals surface area contributed by atoms with Gasteiger partial charge in [0.05, 0.1) is 29.3 Å². The number of pyridine rings is 1. The van der Waals surface area contributed by atoms with Crippen molar-refractivity contribution in [2.45, 2.75) is 51.1 Å². The third-order valence-corrected chi connectivity index (χ3v) is 8.44. The number of allylic oxidation sites excluding steroid dienone is 1. The average molecular weight is 538 g/mol. The normalized spacial score (nSPS) is 25.0. The van der Waals surface area contributed by atoms with Crippen molar-refractivity contribution in [2.24, 2.45) is 22.1 Å². The van der Waals surface area contributed by atoms with Crippen molar-refractivity contribution in [3.8, 4) is 0 Å². The molecule has 7 nitrogen and oxygen atoms in total. The summed E-state index contributed by atoms with van der Waals surface area (Å²) >= 11 is 0. The molecule has 2 fully saturated rings. The number of alkyl halides is 3. The van der Waals surface area contributed by atoms with Crippen molar-refractivity contribution >= 4 is 11.7 Å². The van der Waals surface area contributed by atoms with E-state index in [9.17, 15) is 13.2 Å². The highest BCUT2D eigenvalue weighted by molar-refractivity contribution is 5.86. The number of fused-ring (bicyclic) bond motifs is 1. The second kappa shape index (κ2) is 10.0. The van der Waals surface area contributed by atoms with Gasteiger partial charge in [-0.15, -0.1) is 0 Å². The summed E-state index contributed by atoms with van der Waals surface area (Å²) in [6.07, 6.45) is 7.43. The molecule has 5 aliphatic rings. The van der Waals surface area contributed by atoms with Crippen LogP contribution in [0.4, 0.5) is 19.0 Å². The second-order valence-electron chi connectivity index (χ2n) is 11.3. The molecular weight excluding hydrogens is 503 g/mol. The molecule has 1 saturated carbocycles. The number of likely N-dealkylation sites (tertiary alicyclic amines) is 1. The van der Waals surface area contributed by atoms with E-state index in [1.165, 1.54) is 18.7 Å². The maximum absolute atomic E-state index is 14.3. The van der Waals surface area contributed by atoms with Crippen LogP contribution in [0, 0.1) is 18.5 Å². The van der Waals surface area contributed by atoms with Crippen molar-refractivity contribution in [2.75, 3.05) is 31.6 Å². The topological polar surface area (TPSA) is 50.3 Å². The van der Waals surface area contributed by atoms with Gasteiger partial charge < -0.3 is 4.90 Å². The van der Waals surface area contributed by atoms with Gasteiger partial charge in [0, 0.05) is 31.7 Å². The zero-order valence-corrected chi connectivity index (χ0v) is 22.4. The minimum atomic E-state index is -4.50. The van der Waals surface area contributed by atoms with Crippen molar-refractivity contribution in [3.63, 3.8) is 0 Å². The summed E-state index contributed by atoms with van der Waals surface area (Å²) in [4.78, 5) is 10.0. The van der Waals surface area contributed by atoms with E-state index in [1.54, 1.807) is 28.9 Å². The molecule has 1 radical (unpaired) electrons. The van der Waals surface area contributed by atoms with Gasteiger partial charge in [0.25, 0.3) is 6.67 Å². The zero-order valence-electron chi connectivity index (χ0n) is 22.4. The Kier molecular flexibility index (Phi) is 6.69. The molecule has 39 heavy (non-hydrogen) atoms. The molecule has 4 aliphatic heterocycles. The fourth-order valence-electron chi connectivity index (χ4n) is 6.26. The van der Waals surface area contributed by atoms with Gasteiger partial charge >= 0.3 is 12.0 Å². The highest BCUT2D eigenvalue weighted by Gasteiger charge is 2.44. The summed E-state index contributed by atoms with van der Waals surface area (Å²) in [5.74, 6) is 2.88. The third kappa shape index (κ3) is 4.95. The standard InChI is InChI=1S/C29H34F3N7/c1-19-6-5-11-37(14-19)15-21-12-24(29(30,31)32)25-17-39(20(2)38(25)16-21)26-13-23(9-10-33-26)27(22-7-4-8-22)28-35-34-18-36(28)3/h9-10,12-13,16-19,22,27H,2,4-8,11,14-15H2,1,3H3/q+1/t19-,27+/m0/s1. The summed E-state index contributed by atoms with van der Waals surface area (Å²) in [7, 11) is 1.94. The SMILES string of the molecule is C=C1N2C=C(CN3CCC[C@H](C)C3)C=C(C(F)(F)F)C2=CN1c1cc([C@H](C2=[N+](C)[CH]N=N2)C2CCC2)ccn1. The van der Waals surface area contributed by atoms with E-state index < -0.39 is 11.7 Å². The lowest BCUT2D eigenvalue weighted by atomic mass is 9.72. The number of anilines is 1. The van der Waals surface area contributed by atoms with Crippen molar-refractivity contribution in [3.05, 3.63) is 78.3 Å². The Balaban J connectivity index is 1.32. The Morgan fingerprint density at radius 2 is 1.97 bits per heavy atom. The van der Waals surface area contributed by atoms with Gasteiger partial charge in [-0.3, -0.25) is 9.80 Å². The van der Waals surface area contributed by atoms with Crippen LogP contribution in [-0.4, -0.2) is 58.1 Å². The number of hydrogen-bond acceptors (Lipinski definition) is 6. The minimum absolute atomic E-state index is 0.0446. The maximum atomic E-state index is 14.3. The largest absolute Gasteiger partial charge is 0.418 e. The molecule has 1 aliphatic carbocycles. The molecule has 205 valence electrons. The van der Waals surface area contributed by atoms with E-state index in [4.69, 9.17) is 0 Å². The van der Waals surface area contributed by atoms with Gasteiger partial charge in [0.2, 0.25) is 0 Å². The Bertz CT molecular complexity index is 1320. The monoisotopic (exact) mass is 537 g/mol. The lowest BCUT2D eigenvalue weighted by Gasteiger charge is -2.33. The summed E-state index contributed by atoms with van der Waals surface area (Å²) < 4.78 is 44.8. The molecule has 0 N–H and O–H groups in total. The smallest absolute Gasteiger partial charge is 0.301 e. The molecule has 0 spiro atoms. The number of piperidine rings is 1. The highest BCUT2D eigenvalue weighted by Crippen LogP contribution is 2.45. The van der Waals surface area contributed by atoms with Crippen LogP contribution in [0.5, 0.6) is 0 Å². The number of nitrogens with zero attached hydrogens (tertiary/aromatic N) is 7. The number of hydrogen-bond donors (Lipinski definition) is 0. The van der Waals surface area contributed by atoms with E-state index in [2.05, 4.69) is 33.6 Å². The molecule has 1 aromatic heterocycles. The Morgan fingerprint density at radius 1 is 1.15 bits per heavy atom. The summed E-state index contributed by atoms with van der Waals surface area (Å²) in [5.41, 5.74) is 1.07. The first kappa shape index (κ1) is 26.0. The Morgan fingerprint density at radius 3 is 2.64 bits per heavy atom. The highest BCUT2D eigenvalue weighted by atomic mass is 19.4. The van der Waals surface area contributed by atoms with Crippen LogP contribution >= 0.6 is 0 Å². The van der Waals surface area contributed by atoms with Crippen LogP contribution in [-0.2, 0) is 0 Å². The summed E-state index contributed by atoms with van der Waals surface area (Å²) in [6, 6.07) is 3.92. The molecule has 5 heterocycles. The summed E-state index contributed by atoms with van der Waals surface area (Å²) in [5, 5.41) is 8.48. The molecule has 0 aromatic carbocycles. The van der Waals surface area contributed by atoms with Crippen LogP contribution in [0.1, 0.15) is 50.5 Å². The quantitative estimate of drug-likeness (QED) is 0.409. The number of rotatable bonds is 6. The molecule has 0 bridgehead atoms. The van der Waals surface area contributed by atoms with Gasteiger partial charge in [-0.05, 0) is 78.5 Å². The molecule has 0 unspecified atom stereocenters. The minimum Gasteiger partial charge on any atom is -0.301 e. The average Bonchev–Trinajstić information content (AvgIpc) is 3.43. The van der Waals surface area contributed by atoms with Crippen LogP contribution < -0.4 is 4.90 Å². The number of azo groups is 1. The summed E-state index contributed by atoms with van der Waals surface area (Å²) in [6.45, 7) is 10.4. The van der Waals surface area contributed by atoms with Crippen LogP contribution in [0.3, 0.4) is 0 Å². The van der Waals surface area contributed by atoms with Gasteiger partial charge in [0.15, 0.2) is 0 Å². The first-order valence-corrected chi connectivity index (χ1v) is 13.7. The van der Waals surface area contributed by atoms with Gasteiger partial charge in [-0.2, -0.15) is 13.2 Å². The van der Waals surface area contributed by atoms with Crippen molar-refractivity contribution in [1.82, 2.24) is 14.8 Å². The number of halogens is 3. The maximum Gasteiger partial charge on any atom is 0.418 e. The second-order valence-corrected chi connectivity index (χ2v) is 11.3. The number of amidine groups is 1. The Labute approximate surface area is 227 Å². The molecule has 6 rings (SSSR count). The molecule has 10 heteroatoms. The Hall–Kier alpha value is -3.27. The first-order chi connectivity index (χ1) is 18.7. The van der Waals surface area contributed by atoms with Crippen LogP contribution in [0.15, 0.2) is 76.3 Å². The van der Waals surface area contributed by atoms with Crippen molar-refractivity contribution < 1.29 is 17.7 Å².